The van der Waals surface area contributed by atoms with E-state index in [4.69, 9.17) is 4.42 Å². The SMILES string of the molecule is CCCNCCNS(=O)(=O)c1cc(C(=O)OC)oc1CC. The zero-order valence-electron chi connectivity index (χ0n) is 12.6. The number of rotatable bonds is 9. The highest BCUT2D eigenvalue weighted by Crippen LogP contribution is 2.21. The van der Waals surface area contributed by atoms with Crippen LogP contribution in [0.25, 0.3) is 0 Å². The van der Waals surface area contributed by atoms with Gasteiger partial charge in [0.05, 0.1) is 7.11 Å². The number of aryl methyl sites for hydroxylation is 1. The molecule has 0 aliphatic heterocycles. The second kappa shape index (κ2) is 8.16. The summed E-state index contributed by atoms with van der Waals surface area (Å²) in [4.78, 5) is 11.4. The molecule has 2 N–H and O–H groups in total. The zero-order chi connectivity index (χ0) is 15.9. The molecule has 0 atom stereocenters. The van der Waals surface area contributed by atoms with Crippen molar-refractivity contribution in [1.82, 2.24) is 10.0 Å². The predicted molar refractivity (Wildman–Crippen MR) is 77.8 cm³/mol. The summed E-state index contributed by atoms with van der Waals surface area (Å²) >= 11 is 0. The van der Waals surface area contributed by atoms with Gasteiger partial charge in [0.25, 0.3) is 0 Å². The van der Waals surface area contributed by atoms with Crippen LogP contribution < -0.4 is 10.0 Å². The van der Waals surface area contributed by atoms with Crippen LogP contribution in [0.2, 0.25) is 0 Å². The Kier molecular flexibility index (Phi) is 6.86. The van der Waals surface area contributed by atoms with Crippen molar-refractivity contribution in [3.63, 3.8) is 0 Å². The number of carbonyl (C=O) groups is 1. The molecule has 0 saturated heterocycles. The van der Waals surface area contributed by atoms with Crippen LogP contribution >= 0.6 is 0 Å². The molecule has 1 rings (SSSR count). The van der Waals surface area contributed by atoms with E-state index in [1.807, 2.05) is 6.92 Å². The summed E-state index contributed by atoms with van der Waals surface area (Å²) in [6.07, 6.45) is 1.35. The van der Waals surface area contributed by atoms with Gasteiger partial charge in [-0.25, -0.2) is 17.9 Å². The summed E-state index contributed by atoms with van der Waals surface area (Å²) in [5.41, 5.74) is 0. The third-order valence-electron chi connectivity index (χ3n) is 2.79. The Hall–Kier alpha value is -1.38. The van der Waals surface area contributed by atoms with Crippen molar-refractivity contribution >= 4 is 16.0 Å². The Labute approximate surface area is 125 Å². The lowest BCUT2D eigenvalue weighted by molar-refractivity contribution is 0.0563. The molecule has 0 radical (unpaired) electrons. The van der Waals surface area contributed by atoms with Crippen LogP contribution in [0.15, 0.2) is 15.4 Å². The Morgan fingerprint density at radius 3 is 2.57 bits per heavy atom. The first-order valence-corrected chi connectivity index (χ1v) is 8.36. The van der Waals surface area contributed by atoms with E-state index in [-0.39, 0.29) is 23.0 Å². The first-order chi connectivity index (χ1) is 9.96. The molecule has 0 saturated carbocycles. The second-order valence-corrected chi connectivity index (χ2v) is 6.13. The largest absolute Gasteiger partial charge is 0.463 e. The number of ether oxygens (including phenoxy) is 1. The highest BCUT2D eigenvalue weighted by Gasteiger charge is 2.25. The van der Waals surface area contributed by atoms with E-state index in [0.29, 0.717) is 13.0 Å². The molecule has 0 aliphatic carbocycles. The van der Waals surface area contributed by atoms with E-state index in [9.17, 15) is 13.2 Å². The maximum absolute atomic E-state index is 12.2. The summed E-state index contributed by atoms with van der Waals surface area (Å²) < 4.78 is 36.7. The van der Waals surface area contributed by atoms with Crippen LogP contribution in [0, 0.1) is 0 Å². The van der Waals surface area contributed by atoms with Gasteiger partial charge in [-0.2, -0.15) is 0 Å². The number of esters is 1. The van der Waals surface area contributed by atoms with Gasteiger partial charge in [0.2, 0.25) is 15.8 Å². The Morgan fingerprint density at radius 2 is 2.00 bits per heavy atom. The fourth-order valence-electron chi connectivity index (χ4n) is 1.74. The topological polar surface area (TPSA) is 97.6 Å². The third kappa shape index (κ3) is 4.83. The molecule has 1 aromatic rings. The van der Waals surface area contributed by atoms with E-state index < -0.39 is 16.0 Å². The first-order valence-electron chi connectivity index (χ1n) is 6.87. The minimum atomic E-state index is -3.70. The molecule has 0 amide bonds. The van der Waals surface area contributed by atoms with Crippen molar-refractivity contribution < 1.29 is 22.4 Å². The molecule has 21 heavy (non-hydrogen) atoms. The Bertz CT molecular complexity index is 565. The smallest absolute Gasteiger partial charge is 0.373 e. The average molecular weight is 318 g/mol. The number of carbonyl (C=O) groups excluding carboxylic acids is 1. The number of hydrogen-bond donors (Lipinski definition) is 2. The number of methoxy groups -OCH3 is 1. The molecule has 8 heteroatoms. The zero-order valence-corrected chi connectivity index (χ0v) is 13.4. The lowest BCUT2D eigenvalue weighted by atomic mass is 10.3. The highest BCUT2D eigenvalue weighted by molar-refractivity contribution is 7.89. The van der Waals surface area contributed by atoms with Crippen LogP contribution in [-0.4, -0.2) is 41.1 Å². The quantitative estimate of drug-likeness (QED) is 0.519. The van der Waals surface area contributed by atoms with Crippen molar-refractivity contribution in [3.8, 4) is 0 Å². The summed E-state index contributed by atoms with van der Waals surface area (Å²) in [6, 6.07) is 1.20. The molecule has 0 fully saturated rings. The van der Waals surface area contributed by atoms with E-state index in [1.165, 1.54) is 13.2 Å². The summed E-state index contributed by atoms with van der Waals surface area (Å²) in [7, 11) is -2.49. The molecule has 0 unspecified atom stereocenters. The summed E-state index contributed by atoms with van der Waals surface area (Å²) in [5, 5.41) is 3.10. The fraction of sp³-hybridized carbons (Fsp3) is 0.615. The van der Waals surface area contributed by atoms with E-state index in [0.717, 1.165) is 13.0 Å². The summed E-state index contributed by atoms with van der Waals surface area (Å²) in [5.74, 6) is -0.570. The molecule has 0 aromatic carbocycles. The normalized spacial score (nSPS) is 11.6. The highest BCUT2D eigenvalue weighted by atomic mass is 32.2. The minimum Gasteiger partial charge on any atom is -0.463 e. The number of hydrogen-bond acceptors (Lipinski definition) is 6. The lowest BCUT2D eigenvalue weighted by Gasteiger charge is -2.06. The van der Waals surface area contributed by atoms with Gasteiger partial charge in [-0.3, -0.25) is 0 Å². The Morgan fingerprint density at radius 1 is 1.29 bits per heavy atom. The van der Waals surface area contributed by atoms with E-state index >= 15 is 0 Å². The molecule has 1 heterocycles. The van der Waals surface area contributed by atoms with Crippen LogP contribution in [0.3, 0.4) is 0 Å². The molecule has 0 bridgehead atoms. The van der Waals surface area contributed by atoms with Gasteiger partial charge < -0.3 is 14.5 Å². The molecule has 0 spiro atoms. The molecule has 120 valence electrons. The van der Waals surface area contributed by atoms with Gasteiger partial charge in [-0.1, -0.05) is 13.8 Å². The fourth-order valence-corrected chi connectivity index (χ4v) is 3.01. The monoisotopic (exact) mass is 318 g/mol. The maximum Gasteiger partial charge on any atom is 0.373 e. The standard InChI is InChI=1S/C13H22N2O5S/c1-4-6-14-7-8-15-21(17,18)12-9-11(13(16)19-3)20-10(12)5-2/h9,14-15H,4-8H2,1-3H3. The van der Waals surface area contributed by atoms with Gasteiger partial charge in [0, 0.05) is 25.6 Å². The van der Waals surface area contributed by atoms with Gasteiger partial charge >= 0.3 is 5.97 Å². The number of sulfonamides is 1. The number of furan rings is 1. The molecule has 0 aliphatic rings. The third-order valence-corrected chi connectivity index (χ3v) is 4.30. The Balaban J connectivity index is 2.82. The van der Waals surface area contributed by atoms with E-state index in [1.54, 1.807) is 6.92 Å². The molecule has 7 nitrogen and oxygen atoms in total. The van der Waals surface area contributed by atoms with Gasteiger partial charge in [-0.05, 0) is 13.0 Å². The van der Waals surface area contributed by atoms with Crippen LogP contribution in [0.4, 0.5) is 0 Å². The minimum absolute atomic E-state index is 0.0131. The van der Waals surface area contributed by atoms with Crippen molar-refractivity contribution in [2.24, 2.45) is 0 Å². The maximum atomic E-state index is 12.2. The van der Waals surface area contributed by atoms with Crippen molar-refractivity contribution in [2.45, 2.75) is 31.6 Å². The number of nitrogens with one attached hydrogen (secondary N) is 2. The van der Waals surface area contributed by atoms with Gasteiger partial charge in [0.15, 0.2) is 0 Å². The lowest BCUT2D eigenvalue weighted by Crippen LogP contribution is -2.32. The van der Waals surface area contributed by atoms with E-state index in [2.05, 4.69) is 14.8 Å². The molecular weight excluding hydrogens is 296 g/mol. The van der Waals surface area contributed by atoms with Crippen LogP contribution in [-0.2, 0) is 21.2 Å². The van der Waals surface area contributed by atoms with Gasteiger partial charge in [0.1, 0.15) is 10.7 Å². The van der Waals surface area contributed by atoms with Crippen molar-refractivity contribution in [3.05, 3.63) is 17.6 Å². The van der Waals surface area contributed by atoms with Crippen LogP contribution in [0.5, 0.6) is 0 Å². The average Bonchev–Trinajstić information content (AvgIpc) is 2.91. The molecule has 1 aromatic heterocycles. The first kappa shape index (κ1) is 17.7. The van der Waals surface area contributed by atoms with Crippen molar-refractivity contribution in [1.29, 1.82) is 0 Å². The summed E-state index contributed by atoms with van der Waals surface area (Å²) in [6.45, 7) is 5.42. The second-order valence-electron chi connectivity index (χ2n) is 4.39. The van der Waals surface area contributed by atoms with Crippen LogP contribution in [0.1, 0.15) is 36.6 Å². The predicted octanol–water partition coefficient (Wildman–Crippen LogP) is 0.906. The molecular formula is C13H22N2O5S. The van der Waals surface area contributed by atoms with Gasteiger partial charge in [-0.15, -0.1) is 0 Å². The van der Waals surface area contributed by atoms with Crippen molar-refractivity contribution in [2.75, 3.05) is 26.7 Å².